The minimum absolute atomic E-state index is 0.0336. The Balaban J connectivity index is 2.32. The first-order valence-electron chi connectivity index (χ1n) is 7.06. The predicted octanol–water partition coefficient (Wildman–Crippen LogP) is 2.02. The summed E-state index contributed by atoms with van der Waals surface area (Å²) in [4.78, 5) is 21.4. The van der Waals surface area contributed by atoms with E-state index in [1.165, 1.54) is 6.33 Å². The van der Waals surface area contributed by atoms with Crippen LogP contribution in [0.1, 0.15) is 38.2 Å². The molecule has 0 atom stereocenters. The van der Waals surface area contributed by atoms with E-state index in [0.717, 1.165) is 31.2 Å². The fraction of sp³-hybridized carbons (Fsp3) is 0.643. The minimum atomic E-state index is -0.840. The van der Waals surface area contributed by atoms with Gasteiger partial charge in [0.25, 0.3) is 0 Å². The Morgan fingerprint density at radius 3 is 2.75 bits per heavy atom. The maximum absolute atomic E-state index is 11.1. The largest absolute Gasteiger partial charge is 0.480 e. The summed E-state index contributed by atoms with van der Waals surface area (Å²) in [5.41, 5.74) is 0.808. The molecule has 0 bridgehead atoms. The third-order valence-corrected chi connectivity index (χ3v) is 3.64. The molecule has 0 saturated heterocycles. The van der Waals surface area contributed by atoms with Gasteiger partial charge in [-0.3, -0.25) is 4.79 Å². The summed E-state index contributed by atoms with van der Waals surface area (Å²) in [5, 5.41) is 9.15. The van der Waals surface area contributed by atoms with Crippen LogP contribution >= 0.6 is 0 Å². The standard InChI is InChI=1S/C14H21N3O3/c1-3-20-14-10(2)13(15-9-16-14)17(8-12(18)19)11-6-4-5-7-11/h9,11H,3-8H2,1-2H3,(H,18,19). The summed E-state index contributed by atoms with van der Waals surface area (Å²) in [6.45, 7) is 4.27. The Kier molecular flexibility index (Phi) is 4.76. The molecule has 1 aromatic heterocycles. The van der Waals surface area contributed by atoms with Crippen molar-refractivity contribution < 1.29 is 14.6 Å². The zero-order chi connectivity index (χ0) is 14.5. The number of hydrogen-bond acceptors (Lipinski definition) is 5. The van der Waals surface area contributed by atoms with Crippen LogP contribution in [-0.2, 0) is 4.79 Å². The number of anilines is 1. The van der Waals surface area contributed by atoms with Crippen molar-refractivity contribution >= 4 is 11.8 Å². The van der Waals surface area contributed by atoms with Crippen molar-refractivity contribution in [3.05, 3.63) is 11.9 Å². The molecule has 0 unspecified atom stereocenters. The monoisotopic (exact) mass is 279 g/mol. The highest BCUT2D eigenvalue weighted by Gasteiger charge is 2.27. The third kappa shape index (κ3) is 3.18. The highest BCUT2D eigenvalue weighted by atomic mass is 16.5. The third-order valence-electron chi connectivity index (χ3n) is 3.64. The molecule has 0 aromatic carbocycles. The van der Waals surface area contributed by atoms with Gasteiger partial charge in [-0.25, -0.2) is 9.97 Å². The van der Waals surface area contributed by atoms with E-state index in [4.69, 9.17) is 9.84 Å². The van der Waals surface area contributed by atoms with Gasteiger partial charge in [0.15, 0.2) is 0 Å². The van der Waals surface area contributed by atoms with Crippen molar-refractivity contribution in [3.63, 3.8) is 0 Å². The van der Waals surface area contributed by atoms with Crippen molar-refractivity contribution in [3.8, 4) is 5.88 Å². The zero-order valence-corrected chi connectivity index (χ0v) is 12.0. The lowest BCUT2D eigenvalue weighted by Crippen LogP contribution is -2.38. The summed E-state index contributed by atoms with van der Waals surface area (Å²) < 4.78 is 5.47. The van der Waals surface area contributed by atoms with E-state index >= 15 is 0 Å². The van der Waals surface area contributed by atoms with Crippen LogP contribution in [0.15, 0.2) is 6.33 Å². The van der Waals surface area contributed by atoms with Crippen LogP contribution < -0.4 is 9.64 Å². The summed E-state index contributed by atoms with van der Waals surface area (Å²) >= 11 is 0. The molecule has 1 aliphatic rings. The number of carboxylic acid groups (broad SMARTS) is 1. The second-order valence-corrected chi connectivity index (χ2v) is 5.02. The number of hydrogen-bond donors (Lipinski definition) is 1. The molecule has 110 valence electrons. The van der Waals surface area contributed by atoms with Crippen molar-refractivity contribution in [1.29, 1.82) is 0 Å². The highest BCUT2D eigenvalue weighted by molar-refractivity contribution is 5.74. The molecule has 1 aliphatic carbocycles. The quantitative estimate of drug-likeness (QED) is 0.858. The number of nitrogens with zero attached hydrogens (tertiary/aromatic N) is 3. The molecule has 1 saturated carbocycles. The van der Waals surface area contributed by atoms with Gasteiger partial charge in [0.1, 0.15) is 18.7 Å². The first kappa shape index (κ1) is 14.6. The normalized spacial score (nSPS) is 15.3. The highest BCUT2D eigenvalue weighted by Crippen LogP contribution is 2.31. The Labute approximate surface area is 118 Å². The van der Waals surface area contributed by atoms with Crippen molar-refractivity contribution in [2.75, 3.05) is 18.1 Å². The molecule has 1 heterocycles. The molecule has 20 heavy (non-hydrogen) atoms. The average Bonchev–Trinajstić information content (AvgIpc) is 2.93. The van der Waals surface area contributed by atoms with E-state index in [0.29, 0.717) is 18.3 Å². The molecule has 0 aliphatic heterocycles. The van der Waals surface area contributed by atoms with Gasteiger partial charge in [-0.15, -0.1) is 0 Å². The summed E-state index contributed by atoms with van der Waals surface area (Å²) in [7, 11) is 0. The second-order valence-electron chi connectivity index (χ2n) is 5.02. The summed E-state index contributed by atoms with van der Waals surface area (Å²) in [6, 6.07) is 0.245. The molecule has 1 N–H and O–H groups in total. The van der Waals surface area contributed by atoms with Crippen LogP contribution in [-0.4, -0.2) is 40.2 Å². The number of ether oxygens (including phenoxy) is 1. The van der Waals surface area contributed by atoms with Crippen LogP contribution in [0.5, 0.6) is 5.88 Å². The molecular formula is C14H21N3O3. The average molecular weight is 279 g/mol. The number of carbonyl (C=O) groups is 1. The number of aromatic nitrogens is 2. The molecule has 1 fully saturated rings. The van der Waals surface area contributed by atoms with Crippen molar-refractivity contribution in [2.45, 2.75) is 45.6 Å². The maximum atomic E-state index is 11.1. The molecule has 0 radical (unpaired) electrons. The van der Waals surface area contributed by atoms with Crippen LogP contribution in [0.4, 0.5) is 5.82 Å². The van der Waals surface area contributed by atoms with E-state index in [1.807, 2.05) is 18.7 Å². The predicted molar refractivity (Wildman–Crippen MR) is 75.2 cm³/mol. The lowest BCUT2D eigenvalue weighted by atomic mass is 10.2. The Bertz CT molecular complexity index is 473. The zero-order valence-electron chi connectivity index (χ0n) is 12.0. The molecule has 0 spiro atoms. The summed E-state index contributed by atoms with van der Waals surface area (Å²) in [5.74, 6) is 0.372. The van der Waals surface area contributed by atoms with E-state index < -0.39 is 5.97 Å². The van der Waals surface area contributed by atoms with Gasteiger partial charge in [0.05, 0.1) is 12.2 Å². The fourth-order valence-electron chi connectivity index (χ4n) is 2.74. The Morgan fingerprint density at radius 1 is 1.45 bits per heavy atom. The van der Waals surface area contributed by atoms with Gasteiger partial charge in [-0.2, -0.15) is 0 Å². The molecular weight excluding hydrogens is 258 g/mol. The van der Waals surface area contributed by atoms with Crippen molar-refractivity contribution in [2.24, 2.45) is 0 Å². The first-order chi connectivity index (χ1) is 9.63. The van der Waals surface area contributed by atoms with Gasteiger partial charge in [-0.1, -0.05) is 12.8 Å². The second kappa shape index (κ2) is 6.54. The number of rotatable bonds is 6. The van der Waals surface area contributed by atoms with Crippen LogP contribution in [0.25, 0.3) is 0 Å². The molecule has 6 nitrogen and oxygen atoms in total. The van der Waals surface area contributed by atoms with E-state index in [-0.39, 0.29) is 12.6 Å². The van der Waals surface area contributed by atoms with E-state index in [9.17, 15) is 4.79 Å². The van der Waals surface area contributed by atoms with Gasteiger partial charge < -0.3 is 14.7 Å². The Hall–Kier alpha value is -1.85. The van der Waals surface area contributed by atoms with Crippen LogP contribution in [0.2, 0.25) is 0 Å². The summed E-state index contributed by atoms with van der Waals surface area (Å²) in [6.07, 6.45) is 5.75. The topological polar surface area (TPSA) is 75.6 Å². The van der Waals surface area contributed by atoms with Gasteiger partial charge in [-0.05, 0) is 26.7 Å². The SMILES string of the molecule is CCOc1ncnc(N(CC(=O)O)C2CCCC2)c1C. The molecule has 0 amide bonds. The van der Waals surface area contributed by atoms with Gasteiger partial charge >= 0.3 is 5.97 Å². The lowest BCUT2D eigenvalue weighted by Gasteiger charge is -2.29. The minimum Gasteiger partial charge on any atom is -0.480 e. The van der Waals surface area contributed by atoms with Gasteiger partial charge in [0, 0.05) is 6.04 Å². The molecule has 6 heteroatoms. The number of carboxylic acids is 1. The maximum Gasteiger partial charge on any atom is 0.323 e. The van der Waals surface area contributed by atoms with Crippen molar-refractivity contribution in [1.82, 2.24) is 9.97 Å². The van der Waals surface area contributed by atoms with Gasteiger partial charge in [0.2, 0.25) is 5.88 Å². The number of aliphatic carboxylic acids is 1. The smallest absolute Gasteiger partial charge is 0.323 e. The fourth-order valence-corrected chi connectivity index (χ4v) is 2.74. The van der Waals surface area contributed by atoms with E-state index in [2.05, 4.69) is 9.97 Å². The van der Waals surface area contributed by atoms with E-state index in [1.54, 1.807) is 0 Å². The molecule has 2 rings (SSSR count). The Morgan fingerprint density at radius 2 is 2.15 bits per heavy atom. The molecule has 1 aromatic rings. The van der Waals surface area contributed by atoms with Crippen LogP contribution in [0, 0.1) is 6.92 Å². The lowest BCUT2D eigenvalue weighted by molar-refractivity contribution is -0.135. The first-order valence-corrected chi connectivity index (χ1v) is 7.06. The van der Waals surface area contributed by atoms with Crippen LogP contribution in [0.3, 0.4) is 0 Å².